The Morgan fingerprint density at radius 1 is 0.707 bits per heavy atom. The van der Waals surface area contributed by atoms with Gasteiger partial charge >= 0.3 is 37.9 Å². The molecule has 0 unspecified atom stereocenters. The van der Waals surface area contributed by atoms with Gasteiger partial charge in [0.1, 0.15) is 0 Å². The van der Waals surface area contributed by atoms with Gasteiger partial charge in [0.05, 0.1) is 0 Å². The molecule has 0 heterocycles. The van der Waals surface area contributed by atoms with Crippen molar-refractivity contribution in [2.24, 2.45) is 0 Å². The molecule has 5 heteroatoms. The maximum atomic E-state index is 4.93. The fraction of sp³-hybridized carbons (Fsp3) is 0.167. The van der Waals surface area contributed by atoms with Crippen LogP contribution in [-0.2, 0) is 20.8 Å². The maximum absolute atomic E-state index is 4.93. The average Bonchev–Trinajstić information content (AvgIpc) is 3.60. The number of benzene rings is 4. The number of aryl methyl sites for hydroxylation is 1. The van der Waals surface area contributed by atoms with Crippen LogP contribution >= 0.6 is 33.0 Å². The average molecular weight is 738 g/mol. The normalized spacial score (nSPS) is 10.2. The van der Waals surface area contributed by atoms with E-state index in [9.17, 15) is 0 Å². The molecule has 0 bridgehead atoms. The summed E-state index contributed by atoms with van der Waals surface area (Å²) < 4.78 is 1.17. The number of rotatable bonds is 3. The van der Waals surface area contributed by atoms with E-state index in [1.54, 1.807) is 0 Å². The molecule has 0 fully saturated rings. The van der Waals surface area contributed by atoms with Crippen LogP contribution in [-0.4, -0.2) is 9.52 Å². The van der Waals surface area contributed by atoms with Gasteiger partial charge < -0.3 is 0 Å². The van der Waals surface area contributed by atoms with E-state index < -0.39 is 20.8 Å². The first-order chi connectivity index (χ1) is 19.8. The molecule has 0 spiro atoms. The Morgan fingerprint density at radius 2 is 1.24 bits per heavy atom. The zero-order valence-electron chi connectivity index (χ0n) is 24.2. The van der Waals surface area contributed by atoms with Gasteiger partial charge in [-0.1, -0.05) is 128 Å². The van der Waals surface area contributed by atoms with Crippen molar-refractivity contribution in [1.29, 1.82) is 0 Å². The summed E-state index contributed by atoms with van der Waals surface area (Å²) in [6.45, 7) is 10.9. The van der Waals surface area contributed by atoms with Crippen LogP contribution in [0.5, 0.6) is 0 Å². The molecule has 0 aromatic heterocycles. The summed E-state index contributed by atoms with van der Waals surface area (Å²) in [4.78, 5) is 0. The van der Waals surface area contributed by atoms with Crippen molar-refractivity contribution < 1.29 is 20.8 Å². The summed E-state index contributed by atoms with van der Waals surface area (Å²) in [7, 11) is 11.0. The minimum absolute atomic E-state index is 0.584. The van der Waals surface area contributed by atoms with E-state index in [0.29, 0.717) is 5.92 Å². The molecule has 2 radical (unpaired) electrons. The Bertz CT molecular complexity index is 1620. The molecule has 0 saturated carbocycles. The second-order valence-corrected chi connectivity index (χ2v) is 15.6. The van der Waals surface area contributed by atoms with Crippen LogP contribution in [0, 0.1) is 6.92 Å². The van der Waals surface area contributed by atoms with Gasteiger partial charge in [-0.3, -0.25) is 0 Å². The molecule has 0 aliphatic heterocycles. The number of halogens is 3. The van der Waals surface area contributed by atoms with Crippen molar-refractivity contribution in [3.63, 3.8) is 0 Å². The van der Waals surface area contributed by atoms with Crippen LogP contribution in [0.1, 0.15) is 30.9 Å². The Hall–Kier alpha value is -1.74. The predicted octanol–water partition coefficient (Wildman–Crippen LogP) is 12.8. The summed E-state index contributed by atoms with van der Waals surface area (Å²) >= 11 is 2.79. The van der Waals surface area contributed by atoms with E-state index in [0.717, 1.165) is 9.52 Å². The van der Waals surface area contributed by atoms with Crippen molar-refractivity contribution >= 4 is 64.0 Å². The van der Waals surface area contributed by atoms with E-state index in [1.165, 1.54) is 59.4 Å². The van der Waals surface area contributed by atoms with Crippen molar-refractivity contribution in [1.82, 2.24) is 0 Å². The summed E-state index contributed by atoms with van der Waals surface area (Å²) in [5.41, 5.74) is 7.94. The first-order valence-corrected chi connectivity index (χ1v) is 22.7. The van der Waals surface area contributed by atoms with Crippen molar-refractivity contribution in [2.45, 2.75) is 39.8 Å². The minimum atomic E-state index is -0.826. The van der Waals surface area contributed by atoms with Gasteiger partial charge in [-0.2, -0.15) is 12.1 Å². The molecular formula is C36H35BrCl2SiZr. The summed E-state index contributed by atoms with van der Waals surface area (Å²) in [6, 6.07) is 41.1. The molecule has 0 aliphatic rings. The molecule has 0 atom stereocenters. The van der Waals surface area contributed by atoms with Crippen molar-refractivity contribution in [2.75, 3.05) is 0 Å². The van der Waals surface area contributed by atoms with Crippen LogP contribution < -0.4 is 0 Å². The topological polar surface area (TPSA) is 0 Å². The fourth-order valence-corrected chi connectivity index (χ4v) is 5.20. The van der Waals surface area contributed by atoms with Crippen LogP contribution in [0.15, 0.2) is 120 Å². The fourth-order valence-electron chi connectivity index (χ4n) is 4.74. The molecule has 6 aromatic rings. The molecular weight excluding hydrogens is 703 g/mol. The summed E-state index contributed by atoms with van der Waals surface area (Å²) in [5.74, 6) is 0.584. The Morgan fingerprint density at radius 3 is 1.78 bits per heavy atom. The third-order valence-corrected chi connectivity index (χ3v) is 7.28. The summed E-state index contributed by atoms with van der Waals surface area (Å²) in [6.07, 6.45) is 0. The molecule has 41 heavy (non-hydrogen) atoms. The van der Waals surface area contributed by atoms with Gasteiger partial charge in [-0.15, -0.1) is 72.9 Å². The molecule has 0 nitrogen and oxygen atoms in total. The predicted molar refractivity (Wildman–Crippen MR) is 186 cm³/mol. The second-order valence-electron chi connectivity index (χ2n) is 10.0. The second kappa shape index (κ2) is 17.4. The standard InChI is InChI=1S/C18H17.C16H12Br.C2H6Si.2ClH.Zr/c1-13(2)16-11-15-9-6-10-17(18(15)12-16)14-7-4-3-5-8-14;1-11-9-14-13(12-5-3-2-4-6-12)7-8-16(17)15(14)10-11;1-3-2;;;/h3-13H,1-2H3;2-10H,1H3;1-2H3;2*1H;/q2*-1;;;;+4/p-2. The molecule has 6 aromatic carbocycles. The number of hydrogen-bond acceptors (Lipinski definition) is 0. The van der Waals surface area contributed by atoms with Crippen LogP contribution in [0.2, 0.25) is 13.1 Å². The van der Waals surface area contributed by atoms with Gasteiger partial charge in [0.25, 0.3) is 0 Å². The van der Waals surface area contributed by atoms with Crippen LogP contribution in [0.3, 0.4) is 0 Å². The van der Waals surface area contributed by atoms with E-state index in [2.05, 4.69) is 165 Å². The van der Waals surface area contributed by atoms with Gasteiger partial charge in [0, 0.05) is 9.52 Å². The van der Waals surface area contributed by atoms with E-state index in [1.807, 2.05) is 0 Å². The Kier molecular flexibility index (Phi) is 14.3. The summed E-state index contributed by atoms with van der Waals surface area (Å²) in [5, 5.41) is 5.33. The first kappa shape index (κ1) is 33.8. The Labute approximate surface area is 275 Å². The van der Waals surface area contributed by atoms with E-state index in [-0.39, 0.29) is 0 Å². The zero-order valence-corrected chi connectivity index (χ0v) is 30.7. The monoisotopic (exact) mass is 734 g/mol. The van der Waals surface area contributed by atoms with Crippen molar-refractivity contribution in [3.05, 3.63) is 131 Å². The van der Waals surface area contributed by atoms with Crippen molar-refractivity contribution in [3.8, 4) is 22.3 Å². The molecule has 0 N–H and O–H groups in total. The molecule has 0 saturated heterocycles. The quantitative estimate of drug-likeness (QED) is 0.125. The van der Waals surface area contributed by atoms with Gasteiger partial charge in [-0.25, -0.2) is 0 Å². The van der Waals surface area contributed by atoms with Gasteiger partial charge in [0.2, 0.25) is 0 Å². The van der Waals surface area contributed by atoms with E-state index in [4.69, 9.17) is 17.0 Å². The molecule has 0 aliphatic carbocycles. The molecule has 208 valence electrons. The Balaban J connectivity index is 0.000000190. The zero-order chi connectivity index (χ0) is 29.8. The van der Waals surface area contributed by atoms with Crippen LogP contribution in [0.4, 0.5) is 0 Å². The number of hydrogen-bond donors (Lipinski definition) is 0. The third-order valence-electron chi connectivity index (χ3n) is 6.59. The third kappa shape index (κ3) is 9.37. The van der Waals surface area contributed by atoms with Gasteiger partial charge in [-0.05, 0) is 17.0 Å². The van der Waals surface area contributed by atoms with E-state index >= 15 is 0 Å². The molecule has 0 amide bonds. The van der Waals surface area contributed by atoms with Gasteiger partial charge in [0.15, 0.2) is 0 Å². The SMILES string of the molecule is CC(C)c1cc2c(-c3ccccc3)cccc2[cH-]1.C[Si]C.Cc1cc2c(-c3ccccc3)ccc(Br)c2[cH-]1.[Cl][Zr+2][Cl]. The van der Waals surface area contributed by atoms with Crippen LogP contribution in [0.25, 0.3) is 43.8 Å². The molecule has 6 rings (SSSR count). The number of fused-ring (bicyclic) bond motifs is 2. The first-order valence-electron chi connectivity index (χ1n) is 13.5.